The van der Waals surface area contributed by atoms with Crippen molar-refractivity contribution in [3.8, 4) is 0 Å². The molecular formula is C11H21NNa2O5S. The van der Waals surface area contributed by atoms with Gasteiger partial charge in [0.15, 0.2) is 10.3 Å². The van der Waals surface area contributed by atoms with Crippen LogP contribution in [0.5, 0.6) is 0 Å². The molecule has 0 heterocycles. The van der Waals surface area contributed by atoms with Crippen LogP contribution in [0.4, 0.5) is 0 Å². The van der Waals surface area contributed by atoms with E-state index in [0.29, 0.717) is 0 Å². The number of hydrogen-bond acceptors (Lipinski definition) is 5. The van der Waals surface area contributed by atoms with Gasteiger partial charge in [-0.25, -0.2) is 13.6 Å². The maximum Gasteiger partial charge on any atom is 1.00 e. The number of carboxylic acids is 1. The normalized spacial score (nSPS) is 9.30. The minimum atomic E-state index is -4.42. The molecule has 0 aliphatic rings. The van der Waals surface area contributed by atoms with Crippen LogP contribution in [0.1, 0.15) is 51.4 Å². The smallest absolute Gasteiger partial charge is 0.736 e. The van der Waals surface area contributed by atoms with Crippen LogP contribution in [-0.4, -0.2) is 18.9 Å². The van der Waals surface area contributed by atoms with Crippen molar-refractivity contribution in [2.24, 2.45) is 5.14 Å². The minimum Gasteiger partial charge on any atom is -0.736 e. The first-order chi connectivity index (χ1) is 8.27. The quantitative estimate of drug-likeness (QED) is 0.196. The Morgan fingerprint density at radius 2 is 1.40 bits per heavy atom. The molecule has 0 bridgehead atoms. The van der Waals surface area contributed by atoms with Gasteiger partial charge in [0.05, 0.1) is 0 Å². The van der Waals surface area contributed by atoms with E-state index in [0.717, 1.165) is 25.7 Å². The molecule has 0 aromatic carbocycles. The molecule has 0 aromatic heterocycles. The van der Waals surface area contributed by atoms with E-state index < -0.39 is 16.3 Å². The van der Waals surface area contributed by atoms with Gasteiger partial charge in [0.1, 0.15) is 0 Å². The Labute approximate surface area is 166 Å². The van der Waals surface area contributed by atoms with Crippen LogP contribution in [0.3, 0.4) is 0 Å². The van der Waals surface area contributed by atoms with E-state index in [-0.39, 0.29) is 65.5 Å². The standard InChI is InChI=1S/C11H20O2.H3NO3S.2Na/c1-2-3-4-5-6-7-8-9-10-11(12)13;1-5(2,3)4;;/h2H,1,3-10H2,(H,12,13);(H3,1,2,3,4);;/q;;2*+1/p-2. The Morgan fingerprint density at radius 3 is 1.75 bits per heavy atom. The Balaban J connectivity index is -0.000000158. The van der Waals surface area contributed by atoms with Crippen molar-refractivity contribution in [2.75, 3.05) is 0 Å². The van der Waals surface area contributed by atoms with Gasteiger partial charge in [-0.2, -0.15) is 0 Å². The molecule has 0 aliphatic carbocycles. The van der Waals surface area contributed by atoms with Crippen LogP contribution in [0, 0.1) is 0 Å². The van der Waals surface area contributed by atoms with Crippen molar-refractivity contribution in [3.63, 3.8) is 0 Å². The summed E-state index contributed by atoms with van der Waals surface area (Å²) < 4.78 is 26.6. The molecule has 0 saturated carbocycles. The molecule has 20 heavy (non-hydrogen) atoms. The van der Waals surface area contributed by atoms with Crippen LogP contribution in [0.2, 0.25) is 0 Å². The Kier molecular flexibility index (Phi) is 29.3. The zero-order valence-electron chi connectivity index (χ0n) is 12.5. The van der Waals surface area contributed by atoms with Gasteiger partial charge in [0, 0.05) is 5.97 Å². The van der Waals surface area contributed by atoms with Gasteiger partial charge in [0.25, 0.3) is 0 Å². The van der Waals surface area contributed by atoms with Crippen LogP contribution in [0.25, 0.3) is 0 Å². The number of allylic oxidation sites excluding steroid dienone is 1. The second-order valence-corrected chi connectivity index (χ2v) is 4.80. The third-order valence-corrected chi connectivity index (χ3v) is 2.04. The molecule has 0 radical (unpaired) electrons. The summed E-state index contributed by atoms with van der Waals surface area (Å²) in [5.74, 6) is -0.924. The Bertz CT molecular complexity index is 315. The molecule has 2 N–H and O–H groups in total. The summed E-state index contributed by atoms with van der Waals surface area (Å²) >= 11 is 0. The van der Waals surface area contributed by atoms with Gasteiger partial charge in [0.2, 0.25) is 0 Å². The average Bonchev–Trinajstić information content (AvgIpc) is 2.19. The second kappa shape index (κ2) is 20.1. The third-order valence-electron chi connectivity index (χ3n) is 2.04. The maximum atomic E-state index is 10.1. The monoisotopic (exact) mass is 325 g/mol. The van der Waals surface area contributed by atoms with Crippen LogP contribution in [0.15, 0.2) is 12.7 Å². The number of aliphatic carboxylic acids is 1. The summed E-state index contributed by atoms with van der Waals surface area (Å²) in [5.41, 5.74) is 0. The molecule has 0 rings (SSSR count). The fourth-order valence-electron chi connectivity index (χ4n) is 1.27. The topological polar surface area (TPSA) is 123 Å². The summed E-state index contributed by atoms with van der Waals surface area (Å²) in [6.45, 7) is 3.66. The van der Waals surface area contributed by atoms with E-state index in [1.807, 2.05) is 6.08 Å². The minimum absolute atomic E-state index is 0. The first-order valence-corrected chi connectivity index (χ1v) is 7.29. The molecule has 9 heteroatoms. The summed E-state index contributed by atoms with van der Waals surface area (Å²) in [6.07, 6.45) is 9.83. The van der Waals surface area contributed by atoms with Crippen molar-refractivity contribution in [3.05, 3.63) is 12.7 Å². The van der Waals surface area contributed by atoms with Gasteiger partial charge in [-0.1, -0.05) is 31.8 Å². The van der Waals surface area contributed by atoms with Crippen molar-refractivity contribution in [1.82, 2.24) is 0 Å². The molecule has 0 saturated heterocycles. The van der Waals surface area contributed by atoms with E-state index in [4.69, 9.17) is 13.0 Å². The first kappa shape index (κ1) is 29.1. The molecule has 0 aliphatic heterocycles. The van der Waals surface area contributed by atoms with E-state index in [2.05, 4.69) is 11.7 Å². The fraction of sp³-hybridized carbons (Fsp3) is 0.727. The second-order valence-electron chi connectivity index (χ2n) is 3.81. The summed E-state index contributed by atoms with van der Waals surface area (Å²) in [5, 5.41) is 13.8. The van der Waals surface area contributed by atoms with Gasteiger partial charge in [-0.15, -0.1) is 6.58 Å². The number of unbranched alkanes of at least 4 members (excludes halogenated alkanes) is 6. The number of rotatable bonds is 9. The fourth-order valence-corrected chi connectivity index (χ4v) is 1.27. The van der Waals surface area contributed by atoms with Crippen molar-refractivity contribution in [2.45, 2.75) is 51.4 Å². The number of nitrogens with two attached hydrogens (primary N) is 1. The van der Waals surface area contributed by atoms with Gasteiger partial charge >= 0.3 is 59.1 Å². The molecule has 0 spiro atoms. The van der Waals surface area contributed by atoms with E-state index >= 15 is 0 Å². The molecule has 0 unspecified atom stereocenters. The summed E-state index contributed by atoms with van der Waals surface area (Å²) in [4.78, 5) is 10.1. The zero-order valence-corrected chi connectivity index (χ0v) is 17.3. The molecular weight excluding hydrogens is 304 g/mol. The van der Waals surface area contributed by atoms with Crippen molar-refractivity contribution in [1.29, 1.82) is 0 Å². The number of carbonyl (C=O) groups excluding carboxylic acids is 1. The van der Waals surface area contributed by atoms with Crippen LogP contribution in [-0.2, 0) is 15.1 Å². The molecule has 108 valence electrons. The van der Waals surface area contributed by atoms with Gasteiger partial charge in [-0.05, 0) is 25.7 Å². The first-order valence-electron chi connectivity index (χ1n) is 5.81. The van der Waals surface area contributed by atoms with Crippen molar-refractivity contribution < 1.29 is 82.0 Å². The largest absolute Gasteiger partial charge is 1.00 e. The Morgan fingerprint density at radius 1 is 1.05 bits per heavy atom. The SMILES string of the molecule is C=CCCCCCCCCC(=O)[O-].NS(=O)(=O)[O-].[Na+].[Na+]. The Hall–Kier alpha value is 1.08. The number of hydrogen-bond donors (Lipinski definition) is 1. The zero-order chi connectivity index (χ0) is 14.4. The third kappa shape index (κ3) is 50.8. The predicted octanol–water partition coefficient (Wildman–Crippen LogP) is -5.54. The number of carboxylic acid groups (broad SMARTS) is 1. The maximum absolute atomic E-state index is 10.1. The van der Waals surface area contributed by atoms with Crippen LogP contribution >= 0.6 is 0 Å². The van der Waals surface area contributed by atoms with E-state index in [9.17, 15) is 9.90 Å². The van der Waals surface area contributed by atoms with E-state index in [1.165, 1.54) is 19.3 Å². The average molecular weight is 325 g/mol. The van der Waals surface area contributed by atoms with Crippen molar-refractivity contribution >= 4 is 16.3 Å². The molecule has 0 fully saturated rings. The summed E-state index contributed by atoms with van der Waals surface area (Å²) in [6, 6.07) is 0. The molecule has 0 aromatic rings. The van der Waals surface area contributed by atoms with E-state index in [1.54, 1.807) is 0 Å². The van der Waals surface area contributed by atoms with Gasteiger partial charge in [-0.3, -0.25) is 0 Å². The summed E-state index contributed by atoms with van der Waals surface area (Å²) in [7, 11) is -4.42. The number of carbonyl (C=O) groups is 1. The van der Waals surface area contributed by atoms with Gasteiger partial charge < -0.3 is 14.5 Å². The predicted molar refractivity (Wildman–Crippen MR) is 66.0 cm³/mol. The molecule has 6 nitrogen and oxygen atoms in total. The molecule has 0 amide bonds. The van der Waals surface area contributed by atoms with Crippen LogP contribution < -0.4 is 69.4 Å². The molecule has 0 atom stereocenters.